The van der Waals surface area contributed by atoms with E-state index in [-0.39, 0.29) is 12.5 Å². The Labute approximate surface area is 170 Å². The molecule has 1 N–H and O–H groups in total. The number of carbonyl (C=O) groups excluding carboxylic acids is 1. The summed E-state index contributed by atoms with van der Waals surface area (Å²) in [6.45, 7) is 4.01. The summed E-state index contributed by atoms with van der Waals surface area (Å²) in [5.74, 6) is 1.90. The Bertz CT molecular complexity index is 1050. The number of ether oxygens (including phenoxy) is 3. The second-order valence-electron chi connectivity index (χ2n) is 5.98. The predicted molar refractivity (Wildman–Crippen MR) is 105 cm³/mol. The van der Waals surface area contributed by atoms with Gasteiger partial charge in [0.15, 0.2) is 17.3 Å². The lowest BCUT2D eigenvalue weighted by atomic mass is 10.1. The Balaban J connectivity index is 1.90. The van der Waals surface area contributed by atoms with E-state index >= 15 is 0 Å². The molecule has 0 aliphatic carbocycles. The van der Waals surface area contributed by atoms with Crippen LogP contribution in [-0.2, 0) is 6.54 Å². The van der Waals surface area contributed by atoms with Gasteiger partial charge in [0.1, 0.15) is 0 Å². The number of rotatable bonds is 6. The highest BCUT2D eigenvalue weighted by Gasteiger charge is 2.23. The topological polar surface area (TPSA) is 99.9 Å². The minimum atomic E-state index is -0.333. The molecule has 0 radical (unpaired) electrons. The Morgan fingerprint density at radius 2 is 1.82 bits per heavy atom. The van der Waals surface area contributed by atoms with Crippen molar-refractivity contribution in [3.8, 4) is 17.2 Å². The van der Waals surface area contributed by atoms with Crippen LogP contribution in [0.4, 0.5) is 0 Å². The summed E-state index contributed by atoms with van der Waals surface area (Å²) >= 11 is 3.41. The molecule has 0 spiro atoms. The van der Waals surface area contributed by atoms with Crippen molar-refractivity contribution in [2.24, 2.45) is 0 Å². The van der Waals surface area contributed by atoms with Crippen molar-refractivity contribution in [3.05, 3.63) is 39.4 Å². The number of hydrogen-bond donors (Lipinski definition) is 1. The average Bonchev–Trinajstić information content (AvgIpc) is 3.08. The van der Waals surface area contributed by atoms with E-state index in [0.29, 0.717) is 38.9 Å². The molecule has 3 rings (SSSR count). The second kappa shape index (κ2) is 8.01. The van der Waals surface area contributed by atoms with Crippen molar-refractivity contribution in [1.82, 2.24) is 24.9 Å². The van der Waals surface area contributed by atoms with E-state index in [1.54, 1.807) is 10.5 Å². The molecule has 0 fully saturated rings. The van der Waals surface area contributed by atoms with Crippen LogP contribution in [-0.4, -0.2) is 46.8 Å². The van der Waals surface area contributed by atoms with Crippen LogP contribution in [0, 0.1) is 13.8 Å². The van der Waals surface area contributed by atoms with Crippen LogP contribution in [0.1, 0.15) is 27.6 Å². The lowest BCUT2D eigenvalue weighted by molar-refractivity contribution is 0.0948. The van der Waals surface area contributed by atoms with E-state index in [9.17, 15) is 4.79 Å². The zero-order valence-electron chi connectivity index (χ0n) is 16.2. The fourth-order valence-corrected chi connectivity index (χ4v) is 3.59. The first-order chi connectivity index (χ1) is 13.4. The van der Waals surface area contributed by atoms with Gasteiger partial charge < -0.3 is 19.5 Å². The van der Waals surface area contributed by atoms with Crippen LogP contribution in [0.25, 0.3) is 5.78 Å². The van der Waals surface area contributed by atoms with Gasteiger partial charge in [-0.2, -0.15) is 0 Å². The first-order valence-electron chi connectivity index (χ1n) is 8.36. The third-order valence-corrected chi connectivity index (χ3v) is 4.97. The second-order valence-corrected chi connectivity index (χ2v) is 6.77. The number of nitrogens with zero attached hydrogens (tertiary/aromatic N) is 4. The van der Waals surface area contributed by atoms with Crippen LogP contribution in [0.5, 0.6) is 17.2 Å². The number of amides is 1. The quantitative estimate of drug-likeness (QED) is 0.616. The van der Waals surface area contributed by atoms with Crippen molar-refractivity contribution < 1.29 is 19.0 Å². The van der Waals surface area contributed by atoms with Gasteiger partial charge >= 0.3 is 0 Å². The largest absolute Gasteiger partial charge is 0.493 e. The molecule has 1 amide bonds. The number of fused-ring (bicyclic) bond motifs is 1. The number of carbonyl (C=O) groups is 1. The van der Waals surface area contributed by atoms with Gasteiger partial charge in [-0.1, -0.05) is 0 Å². The summed E-state index contributed by atoms with van der Waals surface area (Å²) in [7, 11) is 4.48. The van der Waals surface area contributed by atoms with Crippen LogP contribution in [0.15, 0.2) is 16.6 Å². The van der Waals surface area contributed by atoms with Gasteiger partial charge in [-0.05, 0) is 41.9 Å². The summed E-state index contributed by atoms with van der Waals surface area (Å²) in [5, 5.41) is 11.0. The number of halogens is 1. The van der Waals surface area contributed by atoms with Gasteiger partial charge in [0, 0.05) is 11.4 Å². The minimum absolute atomic E-state index is 0.175. The van der Waals surface area contributed by atoms with Gasteiger partial charge in [-0.15, -0.1) is 10.2 Å². The van der Waals surface area contributed by atoms with Crippen molar-refractivity contribution in [2.45, 2.75) is 20.4 Å². The number of methoxy groups -OCH3 is 3. The smallest absolute Gasteiger partial charge is 0.255 e. The SMILES string of the molecule is COc1cc(C(=O)NCc2nnc3nc(C)cc(C)n23)c(Br)c(OC)c1OC. The van der Waals surface area contributed by atoms with Crippen LogP contribution >= 0.6 is 15.9 Å². The molecule has 0 saturated heterocycles. The Hall–Kier alpha value is -2.88. The number of aromatic nitrogens is 4. The molecule has 148 valence electrons. The lowest BCUT2D eigenvalue weighted by Gasteiger charge is -2.16. The number of hydrogen-bond acceptors (Lipinski definition) is 7. The summed E-state index contributed by atoms with van der Waals surface area (Å²) < 4.78 is 18.3. The molecule has 3 aromatic rings. The molecule has 0 saturated carbocycles. The molecular formula is C18H20BrN5O4. The third-order valence-electron chi connectivity index (χ3n) is 4.18. The minimum Gasteiger partial charge on any atom is -0.493 e. The average molecular weight is 450 g/mol. The summed E-state index contributed by atoms with van der Waals surface area (Å²) in [6, 6.07) is 3.51. The maximum atomic E-state index is 12.8. The van der Waals surface area contributed by atoms with E-state index in [1.165, 1.54) is 21.3 Å². The predicted octanol–water partition coefficient (Wildman–Crippen LogP) is 2.46. The first kappa shape index (κ1) is 19.9. The Morgan fingerprint density at radius 3 is 2.46 bits per heavy atom. The van der Waals surface area contributed by atoms with Crippen LogP contribution < -0.4 is 19.5 Å². The monoisotopic (exact) mass is 449 g/mol. The van der Waals surface area contributed by atoms with Crippen molar-refractivity contribution in [2.75, 3.05) is 21.3 Å². The summed E-state index contributed by atoms with van der Waals surface area (Å²) in [4.78, 5) is 17.1. The number of benzene rings is 1. The number of nitrogens with one attached hydrogen (secondary N) is 1. The molecule has 1 aromatic carbocycles. The maximum Gasteiger partial charge on any atom is 0.255 e. The highest BCUT2D eigenvalue weighted by Crippen LogP contribution is 2.44. The van der Waals surface area contributed by atoms with E-state index in [4.69, 9.17) is 14.2 Å². The van der Waals surface area contributed by atoms with Crippen molar-refractivity contribution in [3.63, 3.8) is 0 Å². The standard InChI is InChI=1S/C18H20BrN5O4/c1-9-6-10(2)24-13(22-23-18(24)21-9)8-20-17(25)11-7-12(26-3)15(27-4)16(28-5)14(11)19/h6-7H,8H2,1-5H3,(H,20,25). The molecule has 28 heavy (non-hydrogen) atoms. The third kappa shape index (κ3) is 3.47. The molecule has 10 heteroatoms. The van der Waals surface area contributed by atoms with Gasteiger partial charge in [-0.3, -0.25) is 9.20 Å². The molecule has 0 atom stereocenters. The normalized spacial score (nSPS) is 10.8. The highest BCUT2D eigenvalue weighted by atomic mass is 79.9. The van der Waals surface area contributed by atoms with E-state index in [1.807, 2.05) is 19.9 Å². The molecule has 2 heterocycles. The van der Waals surface area contributed by atoms with Crippen LogP contribution in [0.3, 0.4) is 0 Å². The van der Waals surface area contributed by atoms with E-state index in [0.717, 1.165) is 11.4 Å². The molecule has 0 bridgehead atoms. The van der Waals surface area contributed by atoms with E-state index in [2.05, 4.69) is 36.4 Å². The summed E-state index contributed by atoms with van der Waals surface area (Å²) in [6.07, 6.45) is 0. The fraction of sp³-hybridized carbons (Fsp3) is 0.333. The van der Waals surface area contributed by atoms with Crippen molar-refractivity contribution in [1.29, 1.82) is 0 Å². The first-order valence-corrected chi connectivity index (χ1v) is 9.15. The van der Waals surface area contributed by atoms with Gasteiger partial charge in [0.2, 0.25) is 5.75 Å². The zero-order valence-corrected chi connectivity index (χ0v) is 17.7. The molecule has 2 aromatic heterocycles. The van der Waals surface area contributed by atoms with Crippen LogP contribution in [0.2, 0.25) is 0 Å². The highest BCUT2D eigenvalue weighted by molar-refractivity contribution is 9.10. The molecular weight excluding hydrogens is 430 g/mol. The molecule has 0 unspecified atom stereocenters. The maximum absolute atomic E-state index is 12.8. The zero-order chi connectivity index (χ0) is 20.4. The molecule has 0 aliphatic heterocycles. The molecule has 9 nitrogen and oxygen atoms in total. The molecule has 0 aliphatic rings. The van der Waals surface area contributed by atoms with Crippen molar-refractivity contribution >= 4 is 27.6 Å². The fourth-order valence-electron chi connectivity index (χ4n) is 2.95. The Kier molecular flexibility index (Phi) is 5.68. The Morgan fingerprint density at radius 1 is 1.11 bits per heavy atom. The van der Waals surface area contributed by atoms with Gasteiger partial charge in [-0.25, -0.2) is 4.98 Å². The van der Waals surface area contributed by atoms with Gasteiger partial charge in [0.05, 0.1) is 37.9 Å². The summed E-state index contributed by atoms with van der Waals surface area (Å²) in [5.41, 5.74) is 2.13. The van der Waals surface area contributed by atoms with E-state index < -0.39 is 0 Å². The number of aryl methyl sites for hydroxylation is 2. The van der Waals surface area contributed by atoms with Gasteiger partial charge in [0.25, 0.3) is 11.7 Å². The lowest BCUT2D eigenvalue weighted by Crippen LogP contribution is -2.25.